The van der Waals surface area contributed by atoms with E-state index in [0.29, 0.717) is 23.8 Å². The van der Waals surface area contributed by atoms with Gasteiger partial charge in [-0.1, -0.05) is 18.2 Å². The Labute approximate surface area is 176 Å². The summed E-state index contributed by atoms with van der Waals surface area (Å²) in [7, 11) is 1.75. The van der Waals surface area contributed by atoms with E-state index in [1.807, 2.05) is 24.3 Å². The van der Waals surface area contributed by atoms with Gasteiger partial charge >= 0.3 is 5.69 Å². The number of benzene rings is 1. The summed E-state index contributed by atoms with van der Waals surface area (Å²) in [5, 5.41) is 13.1. The van der Waals surface area contributed by atoms with Gasteiger partial charge in [0, 0.05) is 37.9 Å². The van der Waals surface area contributed by atoms with Crippen LogP contribution in [0.15, 0.2) is 41.3 Å². The fourth-order valence-electron chi connectivity index (χ4n) is 4.35. The Morgan fingerprint density at radius 2 is 2.03 bits per heavy atom. The molecule has 156 valence electrons. The minimum absolute atomic E-state index is 0.0596. The van der Waals surface area contributed by atoms with Gasteiger partial charge in [-0.05, 0) is 44.9 Å². The Kier molecular flexibility index (Phi) is 5.12. The first-order valence-corrected chi connectivity index (χ1v) is 10.3. The Balaban J connectivity index is 1.77. The lowest BCUT2D eigenvalue weighted by atomic mass is 10.1. The van der Waals surface area contributed by atoms with E-state index in [4.69, 9.17) is 0 Å². The summed E-state index contributed by atoms with van der Waals surface area (Å²) in [6, 6.07) is 12.1. The summed E-state index contributed by atoms with van der Waals surface area (Å²) in [5.41, 5.74) is 3.87. The summed E-state index contributed by atoms with van der Waals surface area (Å²) in [6.07, 6.45) is 2.82. The summed E-state index contributed by atoms with van der Waals surface area (Å²) in [6.45, 7) is 8.69. The Morgan fingerprint density at radius 3 is 2.77 bits per heavy atom. The number of nitriles is 1. The van der Waals surface area contributed by atoms with E-state index in [1.54, 1.807) is 28.4 Å². The standard InChI is InChI=1S/C23H28N6O/c1-23(2,3)26-18-10-12-28(15-18)19-9-11-25-21-20(19)29(22(30)27(21)4)14-17-8-6-5-7-16(17)13-24/h5-9,11,18,26H,10,12,14-15H2,1-4H3/t18-/m1/s1. The second-order valence-electron chi connectivity index (χ2n) is 9.02. The van der Waals surface area contributed by atoms with Crippen molar-refractivity contribution < 1.29 is 0 Å². The number of aromatic nitrogens is 3. The van der Waals surface area contributed by atoms with E-state index in [1.165, 1.54) is 0 Å². The SMILES string of the molecule is Cn1c(=O)n(Cc2ccccc2C#N)c2c(N3CC[C@@H](NC(C)(C)C)C3)ccnc21. The molecule has 0 unspecified atom stereocenters. The number of imidazole rings is 1. The largest absolute Gasteiger partial charge is 0.368 e. The lowest BCUT2D eigenvalue weighted by Gasteiger charge is -2.26. The van der Waals surface area contributed by atoms with Crippen molar-refractivity contribution in [2.75, 3.05) is 18.0 Å². The van der Waals surface area contributed by atoms with Crippen molar-refractivity contribution >= 4 is 16.9 Å². The van der Waals surface area contributed by atoms with Crippen molar-refractivity contribution in [3.8, 4) is 6.07 Å². The normalized spacial score (nSPS) is 16.9. The predicted octanol–water partition coefficient (Wildman–Crippen LogP) is 2.62. The molecule has 0 saturated carbocycles. The van der Waals surface area contributed by atoms with Gasteiger partial charge in [0.1, 0.15) is 5.52 Å². The van der Waals surface area contributed by atoms with Gasteiger partial charge in [0.25, 0.3) is 0 Å². The van der Waals surface area contributed by atoms with Gasteiger partial charge in [0.2, 0.25) is 0 Å². The zero-order chi connectivity index (χ0) is 21.5. The molecule has 1 fully saturated rings. The molecule has 0 spiro atoms. The van der Waals surface area contributed by atoms with E-state index in [2.05, 4.69) is 42.0 Å². The van der Waals surface area contributed by atoms with Crippen LogP contribution in [0, 0.1) is 11.3 Å². The molecule has 3 aromatic rings. The van der Waals surface area contributed by atoms with E-state index in [9.17, 15) is 10.1 Å². The lowest BCUT2D eigenvalue weighted by Crippen LogP contribution is -2.44. The third kappa shape index (κ3) is 3.71. The van der Waals surface area contributed by atoms with E-state index >= 15 is 0 Å². The molecular formula is C23H28N6O. The van der Waals surface area contributed by atoms with Gasteiger partial charge in [-0.15, -0.1) is 0 Å². The number of hydrogen-bond donors (Lipinski definition) is 1. The third-order valence-corrected chi connectivity index (χ3v) is 5.62. The molecule has 30 heavy (non-hydrogen) atoms. The highest BCUT2D eigenvalue weighted by atomic mass is 16.1. The molecule has 1 aliphatic rings. The molecule has 1 aromatic carbocycles. The molecule has 2 aromatic heterocycles. The van der Waals surface area contributed by atoms with Gasteiger partial charge in [-0.3, -0.25) is 9.13 Å². The molecule has 1 saturated heterocycles. The second kappa shape index (κ2) is 7.62. The van der Waals surface area contributed by atoms with Crippen LogP contribution in [0.2, 0.25) is 0 Å². The van der Waals surface area contributed by atoms with Crippen LogP contribution in [0.5, 0.6) is 0 Å². The molecule has 0 bridgehead atoms. The predicted molar refractivity (Wildman–Crippen MR) is 119 cm³/mol. The van der Waals surface area contributed by atoms with Gasteiger partial charge in [-0.2, -0.15) is 5.26 Å². The molecule has 0 amide bonds. The lowest BCUT2D eigenvalue weighted by molar-refractivity contribution is 0.373. The van der Waals surface area contributed by atoms with Crippen molar-refractivity contribution in [1.29, 1.82) is 5.26 Å². The molecule has 1 atom stereocenters. The number of aryl methyl sites for hydroxylation is 1. The van der Waals surface area contributed by atoms with Crippen LogP contribution in [0.3, 0.4) is 0 Å². The zero-order valence-corrected chi connectivity index (χ0v) is 18.0. The zero-order valence-electron chi connectivity index (χ0n) is 18.0. The molecule has 3 heterocycles. The summed E-state index contributed by atoms with van der Waals surface area (Å²) in [4.78, 5) is 19.9. The molecule has 7 nitrogen and oxygen atoms in total. The van der Waals surface area contributed by atoms with E-state index < -0.39 is 0 Å². The Hall–Kier alpha value is -3.11. The number of hydrogen-bond acceptors (Lipinski definition) is 5. The first-order chi connectivity index (χ1) is 14.3. The van der Waals surface area contributed by atoms with Crippen LogP contribution in [-0.4, -0.2) is 38.8 Å². The number of pyridine rings is 1. The van der Waals surface area contributed by atoms with Crippen molar-refractivity contribution in [2.45, 2.75) is 45.3 Å². The number of nitrogens with zero attached hydrogens (tertiary/aromatic N) is 5. The van der Waals surface area contributed by atoms with Gasteiger partial charge < -0.3 is 10.2 Å². The first-order valence-electron chi connectivity index (χ1n) is 10.3. The fraction of sp³-hybridized carbons (Fsp3) is 0.435. The monoisotopic (exact) mass is 404 g/mol. The summed E-state index contributed by atoms with van der Waals surface area (Å²) < 4.78 is 3.34. The molecule has 1 aliphatic heterocycles. The molecule has 0 radical (unpaired) electrons. The Bertz CT molecular complexity index is 1180. The molecule has 7 heteroatoms. The maximum Gasteiger partial charge on any atom is 0.330 e. The van der Waals surface area contributed by atoms with Crippen LogP contribution in [0.25, 0.3) is 11.2 Å². The number of nitrogens with one attached hydrogen (secondary N) is 1. The van der Waals surface area contributed by atoms with Crippen LogP contribution >= 0.6 is 0 Å². The summed E-state index contributed by atoms with van der Waals surface area (Å²) >= 11 is 0. The second-order valence-corrected chi connectivity index (χ2v) is 9.02. The third-order valence-electron chi connectivity index (χ3n) is 5.62. The maximum absolute atomic E-state index is 13.1. The van der Waals surface area contributed by atoms with Crippen molar-refractivity contribution in [3.05, 3.63) is 58.1 Å². The van der Waals surface area contributed by atoms with Crippen molar-refractivity contribution in [3.63, 3.8) is 0 Å². The minimum atomic E-state index is -0.124. The van der Waals surface area contributed by atoms with Crippen LogP contribution < -0.4 is 15.9 Å². The van der Waals surface area contributed by atoms with E-state index in [0.717, 1.165) is 36.3 Å². The fourth-order valence-corrected chi connectivity index (χ4v) is 4.35. The minimum Gasteiger partial charge on any atom is -0.368 e. The molecule has 1 N–H and O–H groups in total. The molecule has 4 rings (SSSR count). The average molecular weight is 405 g/mol. The first kappa shape index (κ1) is 20.2. The highest BCUT2D eigenvalue weighted by molar-refractivity contribution is 5.87. The number of rotatable bonds is 4. The van der Waals surface area contributed by atoms with Gasteiger partial charge in [-0.25, -0.2) is 9.78 Å². The van der Waals surface area contributed by atoms with Crippen molar-refractivity contribution in [1.82, 2.24) is 19.4 Å². The van der Waals surface area contributed by atoms with E-state index in [-0.39, 0.29) is 11.2 Å². The summed E-state index contributed by atoms with van der Waals surface area (Å²) in [5.74, 6) is 0. The number of anilines is 1. The van der Waals surface area contributed by atoms with Crippen LogP contribution in [0.1, 0.15) is 38.3 Å². The highest BCUT2D eigenvalue weighted by Crippen LogP contribution is 2.29. The maximum atomic E-state index is 13.1. The molecular weight excluding hydrogens is 376 g/mol. The quantitative estimate of drug-likeness (QED) is 0.723. The molecule has 0 aliphatic carbocycles. The van der Waals surface area contributed by atoms with Gasteiger partial charge in [0.15, 0.2) is 5.65 Å². The van der Waals surface area contributed by atoms with Gasteiger partial charge in [0.05, 0.1) is 23.9 Å². The van der Waals surface area contributed by atoms with Crippen LogP contribution in [-0.2, 0) is 13.6 Å². The smallest absolute Gasteiger partial charge is 0.330 e. The average Bonchev–Trinajstić information content (AvgIpc) is 3.25. The Morgan fingerprint density at radius 1 is 1.27 bits per heavy atom. The topological polar surface area (TPSA) is 78.9 Å². The number of fused-ring (bicyclic) bond motifs is 1. The van der Waals surface area contributed by atoms with Crippen LogP contribution in [0.4, 0.5) is 5.69 Å². The van der Waals surface area contributed by atoms with Crippen molar-refractivity contribution in [2.24, 2.45) is 7.05 Å². The highest BCUT2D eigenvalue weighted by Gasteiger charge is 2.28.